The van der Waals surface area contributed by atoms with Gasteiger partial charge in [-0.05, 0) is 48.4 Å². The maximum Gasteiger partial charge on any atom is 0.0709 e. The number of anilines is 1. The largest absolute Gasteiger partial charge is 0.371 e. The SMILES string of the molecule is CC1N(C)c2ccc(C=Cc3ccc4ccccc4n3)cc2C1(C)C. The monoisotopic (exact) mass is 328 g/mol. The molecule has 2 aromatic carbocycles. The van der Waals surface area contributed by atoms with Crippen molar-refractivity contribution in [2.75, 3.05) is 11.9 Å². The number of para-hydroxylation sites is 1. The van der Waals surface area contributed by atoms with Crippen molar-refractivity contribution in [1.29, 1.82) is 0 Å². The Balaban J connectivity index is 1.67. The van der Waals surface area contributed by atoms with Gasteiger partial charge in [-0.3, -0.25) is 0 Å². The fourth-order valence-corrected chi connectivity index (χ4v) is 3.75. The van der Waals surface area contributed by atoms with Gasteiger partial charge < -0.3 is 4.90 Å². The molecule has 0 bridgehead atoms. The van der Waals surface area contributed by atoms with Crippen LogP contribution in [0.4, 0.5) is 5.69 Å². The predicted molar refractivity (Wildman–Crippen MR) is 108 cm³/mol. The third-order valence-corrected chi connectivity index (χ3v) is 5.79. The van der Waals surface area contributed by atoms with Crippen molar-refractivity contribution >= 4 is 28.7 Å². The Morgan fingerprint density at radius 2 is 1.80 bits per heavy atom. The molecule has 1 atom stereocenters. The molecule has 0 radical (unpaired) electrons. The average molecular weight is 328 g/mol. The van der Waals surface area contributed by atoms with Gasteiger partial charge in [-0.25, -0.2) is 4.98 Å². The molecule has 0 saturated carbocycles. The molecular formula is C23H24N2. The van der Waals surface area contributed by atoms with Gasteiger partial charge in [-0.1, -0.05) is 50.3 Å². The molecule has 3 aromatic rings. The number of benzene rings is 2. The molecule has 126 valence electrons. The highest BCUT2D eigenvalue weighted by Crippen LogP contribution is 2.44. The molecule has 2 nitrogen and oxygen atoms in total. The second-order valence-electron chi connectivity index (χ2n) is 7.55. The van der Waals surface area contributed by atoms with E-state index in [0.29, 0.717) is 6.04 Å². The van der Waals surface area contributed by atoms with Crippen LogP contribution >= 0.6 is 0 Å². The molecule has 0 N–H and O–H groups in total. The van der Waals surface area contributed by atoms with E-state index in [-0.39, 0.29) is 5.41 Å². The Kier molecular flexibility index (Phi) is 3.64. The molecule has 1 aliphatic heterocycles. The molecule has 4 rings (SSSR count). The first-order valence-electron chi connectivity index (χ1n) is 8.88. The van der Waals surface area contributed by atoms with Gasteiger partial charge in [0.05, 0.1) is 11.2 Å². The topological polar surface area (TPSA) is 16.1 Å². The minimum absolute atomic E-state index is 0.162. The van der Waals surface area contributed by atoms with E-state index >= 15 is 0 Å². The van der Waals surface area contributed by atoms with E-state index in [1.807, 2.05) is 12.1 Å². The van der Waals surface area contributed by atoms with Gasteiger partial charge in [-0.2, -0.15) is 0 Å². The van der Waals surface area contributed by atoms with Crippen LogP contribution in [0.25, 0.3) is 23.1 Å². The van der Waals surface area contributed by atoms with E-state index < -0.39 is 0 Å². The zero-order valence-corrected chi connectivity index (χ0v) is 15.3. The van der Waals surface area contributed by atoms with Crippen molar-refractivity contribution < 1.29 is 0 Å². The average Bonchev–Trinajstić information content (AvgIpc) is 2.80. The number of nitrogens with zero attached hydrogens (tertiary/aromatic N) is 2. The van der Waals surface area contributed by atoms with E-state index in [4.69, 9.17) is 4.98 Å². The van der Waals surface area contributed by atoms with Crippen molar-refractivity contribution in [3.8, 4) is 0 Å². The molecule has 0 spiro atoms. The number of fused-ring (bicyclic) bond motifs is 2. The third-order valence-electron chi connectivity index (χ3n) is 5.79. The normalized spacial score (nSPS) is 18.9. The molecule has 0 fully saturated rings. The minimum atomic E-state index is 0.162. The quantitative estimate of drug-likeness (QED) is 0.615. The Labute approximate surface area is 149 Å². The van der Waals surface area contributed by atoms with E-state index in [0.717, 1.165) is 11.2 Å². The lowest BCUT2D eigenvalue weighted by molar-refractivity contribution is 0.454. The van der Waals surface area contributed by atoms with Crippen molar-refractivity contribution in [2.45, 2.75) is 32.2 Å². The smallest absolute Gasteiger partial charge is 0.0709 e. The number of aromatic nitrogens is 1. The van der Waals surface area contributed by atoms with Crippen LogP contribution in [-0.4, -0.2) is 18.1 Å². The first-order chi connectivity index (χ1) is 12.0. The van der Waals surface area contributed by atoms with E-state index in [1.54, 1.807) is 0 Å². The van der Waals surface area contributed by atoms with Crippen molar-refractivity contribution in [1.82, 2.24) is 4.98 Å². The van der Waals surface area contributed by atoms with Crippen molar-refractivity contribution in [2.24, 2.45) is 0 Å². The summed E-state index contributed by atoms with van der Waals surface area (Å²) in [5.41, 5.74) is 6.19. The second-order valence-corrected chi connectivity index (χ2v) is 7.55. The highest BCUT2D eigenvalue weighted by molar-refractivity contribution is 5.81. The van der Waals surface area contributed by atoms with Crippen LogP contribution in [0, 0.1) is 0 Å². The molecule has 25 heavy (non-hydrogen) atoms. The maximum atomic E-state index is 4.72. The summed E-state index contributed by atoms with van der Waals surface area (Å²) in [6.45, 7) is 6.96. The Bertz CT molecular complexity index is 969. The number of rotatable bonds is 2. The molecule has 2 heteroatoms. The van der Waals surface area contributed by atoms with Gasteiger partial charge in [0.15, 0.2) is 0 Å². The van der Waals surface area contributed by atoms with Crippen LogP contribution in [0.1, 0.15) is 37.6 Å². The Morgan fingerprint density at radius 1 is 1.00 bits per heavy atom. The highest BCUT2D eigenvalue weighted by atomic mass is 15.2. The molecule has 2 heterocycles. The summed E-state index contributed by atoms with van der Waals surface area (Å²) in [7, 11) is 2.19. The summed E-state index contributed by atoms with van der Waals surface area (Å²) in [5.74, 6) is 0. The molecule has 0 saturated heterocycles. The standard InChI is InChI=1S/C23H24N2/c1-16-23(2,3)20-15-17(10-14-22(20)25(16)4)9-12-19-13-11-18-7-5-6-8-21(18)24-19/h5-16H,1-4H3. The molecule has 0 amide bonds. The molecular weight excluding hydrogens is 304 g/mol. The van der Waals surface area contributed by atoms with E-state index in [9.17, 15) is 0 Å². The number of pyridine rings is 1. The van der Waals surface area contributed by atoms with Crippen LogP contribution in [0.15, 0.2) is 54.6 Å². The van der Waals surface area contributed by atoms with Crippen LogP contribution < -0.4 is 4.90 Å². The molecule has 0 aliphatic carbocycles. The summed E-state index contributed by atoms with van der Waals surface area (Å²) in [6.07, 6.45) is 4.26. The summed E-state index contributed by atoms with van der Waals surface area (Å²) < 4.78 is 0. The van der Waals surface area contributed by atoms with Gasteiger partial charge in [0.2, 0.25) is 0 Å². The van der Waals surface area contributed by atoms with Gasteiger partial charge in [-0.15, -0.1) is 0 Å². The highest BCUT2D eigenvalue weighted by Gasteiger charge is 2.39. The Morgan fingerprint density at radius 3 is 2.64 bits per heavy atom. The van der Waals surface area contributed by atoms with Crippen LogP contribution in [-0.2, 0) is 5.41 Å². The fraction of sp³-hybridized carbons (Fsp3) is 0.261. The van der Waals surface area contributed by atoms with Gasteiger partial charge in [0.1, 0.15) is 0 Å². The van der Waals surface area contributed by atoms with Crippen LogP contribution in [0.5, 0.6) is 0 Å². The van der Waals surface area contributed by atoms with E-state index in [2.05, 4.69) is 87.3 Å². The summed E-state index contributed by atoms with van der Waals surface area (Å²) in [4.78, 5) is 7.10. The number of hydrogen-bond donors (Lipinski definition) is 0. The lowest BCUT2D eigenvalue weighted by atomic mass is 9.81. The molecule has 1 aromatic heterocycles. The first-order valence-corrected chi connectivity index (χ1v) is 8.88. The summed E-state index contributed by atoms with van der Waals surface area (Å²) in [5, 5.41) is 1.18. The minimum Gasteiger partial charge on any atom is -0.371 e. The number of likely N-dealkylation sites (N-methyl/N-ethyl adjacent to an activating group) is 1. The van der Waals surface area contributed by atoms with Gasteiger partial charge >= 0.3 is 0 Å². The lowest BCUT2D eigenvalue weighted by Gasteiger charge is -2.28. The van der Waals surface area contributed by atoms with Gasteiger partial charge in [0.25, 0.3) is 0 Å². The molecule has 1 unspecified atom stereocenters. The lowest BCUT2D eigenvalue weighted by Crippen LogP contribution is -2.36. The van der Waals surface area contributed by atoms with Crippen molar-refractivity contribution in [3.05, 3.63) is 71.4 Å². The zero-order chi connectivity index (χ0) is 17.6. The van der Waals surface area contributed by atoms with Gasteiger partial charge in [0, 0.05) is 29.6 Å². The summed E-state index contributed by atoms with van der Waals surface area (Å²) in [6, 6.07) is 19.7. The van der Waals surface area contributed by atoms with Crippen molar-refractivity contribution in [3.63, 3.8) is 0 Å². The Hall–Kier alpha value is -2.61. The van der Waals surface area contributed by atoms with Crippen LogP contribution in [0.2, 0.25) is 0 Å². The first kappa shape index (κ1) is 15.9. The second kappa shape index (κ2) is 5.73. The zero-order valence-electron chi connectivity index (χ0n) is 15.3. The molecule has 1 aliphatic rings. The number of hydrogen-bond acceptors (Lipinski definition) is 2. The van der Waals surface area contributed by atoms with Crippen LogP contribution in [0.3, 0.4) is 0 Å². The summed E-state index contributed by atoms with van der Waals surface area (Å²) >= 11 is 0. The fourth-order valence-electron chi connectivity index (χ4n) is 3.75. The van der Waals surface area contributed by atoms with E-state index in [1.165, 1.54) is 22.2 Å². The maximum absolute atomic E-state index is 4.72. The third kappa shape index (κ3) is 2.62. The predicted octanol–water partition coefficient (Wildman–Crippen LogP) is 5.52.